The van der Waals surface area contributed by atoms with E-state index < -0.39 is 0 Å². The zero-order chi connectivity index (χ0) is 19.7. The zero-order valence-electron chi connectivity index (χ0n) is 19.0. The molecular weight excluding hydrogens is 326 g/mol. The fourth-order valence-corrected chi connectivity index (χ4v) is 8.66. The monoisotopic (exact) mass is 373 g/mol. The standard InChI is InChI=1S/C26H47N/c1-6-10-16-25(5)20(8-3)11-12-21-23(25)15-17-26(9-4)22(13-14-24(21)26)19(7-2)18-27/h7,20-24H,6,8-18,27H2,1-5H3/b19-7-. The summed E-state index contributed by atoms with van der Waals surface area (Å²) in [5.41, 5.74) is 8.92. The van der Waals surface area contributed by atoms with Crippen LogP contribution in [-0.4, -0.2) is 6.54 Å². The molecule has 0 radical (unpaired) electrons. The van der Waals surface area contributed by atoms with Gasteiger partial charge in [-0.3, -0.25) is 0 Å². The van der Waals surface area contributed by atoms with Crippen LogP contribution in [0.4, 0.5) is 0 Å². The Balaban J connectivity index is 1.91. The molecular formula is C26H47N. The number of nitrogens with two attached hydrogens (primary N) is 1. The minimum Gasteiger partial charge on any atom is -0.327 e. The van der Waals surface area contributed by atoms with Crippen molar-refractivity contribution in [3.05, 3.63) is 11.6 Å². The van der Waals surface area contributed by atoms with E-state index in [0.29, 0.717) is 10.8 Å². The molecule has 3 aliphatic rings. The van der Waals surface area contributed by atoms with Crippen LogP contribution in [0.5, 0.6) is 0 Å². The van der Waals surface area contributed by atoms with Crippen LogP contribution in [0, 0.1) is 40.4 Å². The van der Waals surface area contributed by atoms with Gasteiger partial charge in [-0.2, -0.15) is 0 Å². The maximum Gasteiger partial charge on any atom is 0.0139 e. The number of rotatable bonds is 7. The number of allylic oxidation sites excluding steroid dienone is 1. The van der Waals surface area contributed by atoms with E-state index in [1.165, 1.54) is 70.6 Å². The molecule has 3 fully saturated rings. The van der Waals surface area contributed by atoms with E-state index in [1.807, 2.05) is 0 Å². The fourth-order valence-electron chi connectivity index (χ4n) is 8.66. The Bertz CT molecular complexity index is 522. The molecule has 3 aliphatic carbocycles. The highest BCUT2D eigenvalue weighted by atomic mass is 14.7. The van der Waals surface area contributed by atoms with Crippen molar-refractivity contribution in [2.24, 2.45) is 46.2 Å². The van der Waals surface area contributed by atoms with Crippen LogP contribution in [0.2, 0.25) is 0 Å². The predicted molar refractivity (Wildman–Crippen MR) is 119 cm³/mol. The lowest BCUT2D eigenvalue weighted by Gasteiger charge is -2.60. The summed E-state index contributed by atoms with van der Waals surface area (Å²) in [4.78, 5) is 0. The van der Waals surface area contributed by atoms with Crippen molar-refractivity contribution in [3.63, 3.8) is 0 Å². The Kier molecular flexibility index (Phi) is 6.82. The summed E-state index contributed by atoms with van der Waals surface area (Å²) in [6.07, 6.45) is 18.2. The third-order valence-corrected chi connectivity index (χ3v) is 10.1. The third kappa shape index (κ3) is 3.34. The molecule has 0 aromatic heterocycles. The van der Waals surface area contributed by atoms with E-state index in [9.17, 15) is 0 Å². The maximum absolute atomic E-state index is 6.20. The average molecular weight is 374 g/mol. The van der Waals surface area contributed by atoms with Gasteiger partial charge in [-0.25, -0.2) is 0 Å². The minimum absolute atomic E-state index is 0.563. The van der Waals surface area contributed by atoms with Crippen LogP contribution in [0.25, 0.3) is 0 Å². The maximum atomic E-state index is 6.20. The lowest BCUT2D eigenvalue weighted by molar-refractivity contribution is -0.105. The molecule has 0 saturated heterocycles. The molecule has 0 heterocycles. The largest absolute Gasteiger partial charge is 0.327 e. The van der Waals surface area contributed by atoms with E-state index in [1.54, 1.807) is 5.57 Å². The van der Waals surface area contributed by atoms with Gasteiger partial charge in [-0.15, -0.1) is 0 Å². The quantitative estimate of drug-likeness (QED) is 0.463. The SMILES string of the molecule is C/C=C(/CN)C1CCC2C3CCC(CC)C(C)(CCCC)C3CCC12CC. The van der Waals surface area contributed by atoms with Crippen LogP contribution in [0.15, 0.2) is 11.6 Å². The van der Waals surface area contributed by atoms with Crippen LogP contribution >= 0.6 is 0 Å². The van der Waals surface area contributed by atoms with Gasteiger partial charge in [-0.1, -0.05) is 58.6 Å². The van der Waals surface area contributed by atoms with Gasteiger partial charge in [0.05, 0.1) is 0 Å². The molecule has 7 atom stereocenters. The fraction of sp³-hybridized carbons (Fsp3) is 0.923. The lowest BCUT2D eigenvalue weighted by Crippen LogP contribution is -2.52. The Morgan fingerprint density at radius 3 is 2.41 bits per heavy atom. The first-order valence-corrected chi connectivity index (χ1v) is 12.4. The summed E-state index contributed by atoms with van der Waals surface area (Å²) in [6, 6.07) is 0. The first kappa shape index (κ1) is 21.4. The van der Waals surface area contributed by atoms with Gasteiger partial charge in [0.15, 0.2) is 0 Å². The second-order valence-corrected chi connectivity index (χ2v) is 10.5. The number of hydrogen-bond acceptors (Lipinski definition) is 1. The van der Waals surface area contributed by atoms with Crippen LogP contribution in [0.3, 0.4) is 0 Å². The molecule has 3 saturated carbocycles. The highest BCUT2D eigenvalue weighted by Gasteiger charge is 2.60. The Hall–Kier alpha value is -0.300. The predicted octanol–water partition coefficient (Wildman–Crippen LogP) is 7.36. The van der Waals surface area contributed by atoms with Gasteiger partial charge in [0.25, 0.3) is 0 Å². The molecule has 3 rings (SSSR count). The van der Waals surface area contributed by atoms with E-state index in [2.05, 4.69) is 40.7 Å². The molecule has 0 spiro atoms. The van der Waals surface area contributed by atoms with Crippen molar-refractivity contribution >= 4 is 0 Å². The minimum atomic E-state index is 0.563. The Morgan fingerprint density at radius 2 is 1.81 bits per heavy atom. The van der Waals surface area contributed by atoms with Crippen molar-refractivity contribution in [1.82, 2.24) is 0 Å². The van der Waals surface area contributed by atoms with Crippen LogP contribution in [0.1, 0.15) is 105 Å². The molecule has 0 aliphatic heterocycles. The molecule has 1 heteroatoms. The van der Waals surface area contributed by atoms with E-state index in [0.717, 1.165) is 36.1 Å². The van der Waals surface area contributed by atoms with Crippen LogP contribution in [-0.2, 0) is 0 Å². The number of hydrogen-bond donors (Lipinski definition) is 1. The molecule has 2 N–H and O–H groups in total. The smallest absolute Gasteiger partial charge is 0.0139 e. The van der Waals surface area contributed by atoms with Gasteiger partial charge in [0, 0.05) is 6.54 Å². The lowest BCUT2D eigenvalue weighted by atomic mass is 9.45. The van der Waals surface area contributed by atoms with Crippen LogP contribution < -0.4 is 5.73 Å². The molecule has 0 bridgehead atoms. The zero-order valence-corrected chi connectivity index (χ0v) is 19.0. The molecule has 156 valence electrons. The Labute approximate surface area is 169 Å². The molecule has 1 nitrogen and oxygen atoms in total. The van der Waals surface area contributed by atoms with E-state index in [-0.39, 0.29) is 0 Å². The molecule has 0 amide bonds. The molecule has 7 unspecified atom stereocenters. The van der Waals surface area contributed by atoms with E-state index in [4.69, 9.17) is 5.73 Å². The summed E-state index contributed by atoms with van der Waals surface area (Å²) in [5.74, 6) is 4.68. The molecule has 0 aromatic rings. The van der Waals surface area contributed by atoms with Gasteiger partial charge >= 0.3 is 0 Å². The molecule has 0 aromatic carbocycles. The second-order valence-electron chi connectivity index (χ2n) is 10.5. The normalized spacial score (nSPS) is 44.8. The summed E-state index contributed by atoms with van der Waals surface area (Å²) in [7, 11) is 0. The number of fused-ring (bicyclic) bond motifs is 3. The van der Waals surface area contributed by atoms with Crippen molar-refractivity contribution in [1.29, 1.82) is 0 Å². The van der Waals surface area contributed by atoms with E-state index >= 15 is 0 Å². The van der Waals surface area contributed by atoms with Gasteiger partial charge < -0.3 is 5.73 Å². The summed E-state index contributed by atoms with van der Waals surface area (Å²) in [5, 5.41) is 0. The number of unbranched alkanes of at least 4 members (excludes halogenated alkanes) is 1. The van der Waals surface area contributed by atoms with Gasteiger partial charge in [0.1, 0.15) is 0 Å². The van der Waals surface area contributed by atoms with Crippen molar-refractivity contribution in [3.8, 4) is 0 Å². The average Bonchev–Trinajstić information content (AvgIpc) is 3.08. The van der Waals surface area contributed by atoms with Crippen molar-refractivity contribution < 1.29 is 0 Å². The van der Waals surface area contributed by atoms with Crippen molar-refractivity contribution in [2.45, 2.75) is 105 Å². The highest BCUT2D eigenvalue weighted by Crippen LogP contribution is 2.68. The topological polar surface area (TPSA) is 26.0 Å². The molecule has 27 heavy (non-hydrogen) atoms. The highest BCUT2D eigenvalue weighted by molar-refractivity contribution is 5.19. The van der Waals surface area contributed by atoms with Crippen molar-refractivity contribution in [2.75, 3.05) is 6.54 Å². The third-order valence-electron chi connectivity index (χ3n) is 10.1. The summed E-state index contributed by atoms with van der Waals surface area (Å²) < 4.78 is 0. The second kappa shape index (κ2) is 8.60. The summed E-state index contributed by atoms with van der Waals surface area (Å²) in [6.45, 7) is 13.0. The Morgan fingerprint density at radius 1 is 1.04 bits per heavy atom. The summed E-state index contributed by atoms with van der Waals surface area (Å²) >= 11 is 0. The van der Waals surface area contributed by atoms with Gasteiger partial charge in [-0.05, 0) is 98.7 Å². The van der Waals surface area contributed by atoms with Gasteiger partial charge in [0.2, 0.25) is 0 Å². The first-order chi connectivity index (χ1) is 13.0. The first-order valence-electron chi connectivity index (χ1n) is 12.4.